The van der Waals surface area contributed by atoms with Crippen LogP contribution in [0.25, 0.3) is 5.65 Å². The minimum atomic E-state index is 0.212. The highest BCUT2D eigenvalue weighted by Gasteiger charge is 2.03. The van der Waals surface area contributed by atoms with Crippen LogP contribution in [0.2, 0.25) is 0 Å². The van der Waals surface area contributed by atoms with E-state index in [1.807, 2.05) is 6.92 Å². The average molecular weight is 241 g/mol. The number of fused-ring (bicyclic) bond motifs is 1. The molecule has 16 heavy (non-hydrogen) atoms. The lowest BCUT2D eigenvalue weighted by molar-refractivity contribution is 0.742. The molecule has 2 rings (SSSR count). The van der Waals surface area contributed by atoms with Crippen molar-refractivity contribution in [2.75, 3.05) is 11.9 Å². The summed E-state index contributed by atoms with van der Waals surface area (Å²) < 4.78 is 1.62. The van der Waals surface area contributed by atoms with Gasteiger partial charge in [-0.25, -0.2) is 0 Å². The van der Waals surface area contributed by atoms with Gasteiger partial charge in [0.05, 0.1) is 12.4 Å². The molecule has 0 aliphatic rings. The smallest absolute Gasteiger partial charge is 0.199 e. The third-order valence-corrected chi connectivity index (χ3v) is 2.41. The van der Waals surface area contributed by atoms with Crippen molar-refractivity contribution in [3.05, 3.63) is 12.4 Å². The fourth-order valence-corrected chi connectivity index (χ4v) is 1.55. The molecule has 7 heteroatoms. The Balaban J connectivity index is 1.96. The van der Waals surface area contributed by atoms with Gasteiger partial charge in [0.25, 0.3) is 0 Å². The van der Waals surface area contributed by atoms with E-state index in [1.165, 1.54) is 0 Å². The van der Waals surface area contributed by atoms with Gasteiger partial charge in [-0.15, -0.1) is 16.7 Å². The monoisotopic (exact) mass is 240 g/mol. The molecule has 0 radical (unpaired) electrons. The van der Waals surface area contributed by atoms with Gasteiger partial charge >= 0.3 is 0 Å². The first-order valence-corrected chi connectivity index (χ1v) is 5.61. The first kappa shape index (κ1) is 11.1. The predicted molar refractivity (Wildman–Crippen MR) is 61.6 cm³/mol. The van der Waals surface area contributed by atoms with Gasteiger partial charge in [-0.2, -0.15) is 4.52 Å². The second kappa shape index (κ2) is 5.07. The van der Waals surface area contributed by atoms with Gasteiger partial charge in [-0.1, -0.05) is 0 Å². The van der Waals surface area contributed by atoms with Crippen molar-refractivity contribution >= 4 is 23.1 Å². The zero-order valence-corrected chi connectivity index (χ0v) is 9.72. The summed E-state index contributed by atoms with van der Waals surface area (Å²) in [6.45, 7) is 2.82. The van der Waals surface area contributed by atoms with Crippen LogP contribution in [0.5, 0.6) is 0 Å². The van der Waals surface area contributed by atoms with E-state index in [1.54, 1.807) is 16.9 Å². The average Bonchev–Trinajstić information content (AvgIpc) is 2.72. The lowest BCUT2D eigenvalue weighted by Crippen LogP contribution is -2.08. The zero-order valence-electron chi connectivity index (χ0n) is 8.97. The van der Waals surface area contributed by atoms with E-state index in [0.717, 1.165) is 25.2 Å². The molecule has 1 N–H and O–H groups in total. The molecule has 0 saturated carbocycles. The number of aromatic nitrogens is 5. The van der Waals surface area contributed by atoms with Gasteiger partial charge in [0.1, 0.15) is 5.82 Å². The van der Waals surface area contributed by atoms with Crippen molar-refractivity contribution in [1.29, 1.82) is 0 Å². The first-order valence-electron chi connectivity index (χ1n) is 5.17. The third-order valence-electron chi connectivity index (χ3n) is 2.19. The lowest BCUT2D eigenvalue weighted by atomic mass is 10.2. The van der Waals surface area contributed by atoms with Crippen molar-refractivity contribution in [2.45, 2.75) is 25.1 Å². The van der Waals surface area contributed by atoms with E-state index < -0.39 is 0 Å². The molecule has 0 aliphatic carbocycles. The van der Waals surface area contributed by atoms with Crippen LogP contribution in [0.15, 0.2) is 12.4 Å². The summed E-state index contributed by atoms with van der Waals surface area (Å²) in [7, 11) is 0. The fourth-order valence-electron chi connectivity index (χ4n) is 1.40. The summed E-state index contributed by atoms with van der Waals surface area (Å²) in [6, 6.07) is 0. The molecule has 0 spiro atoms. The highest BCUT2D eigenvalue weighted by atomic mass is 35.5. The topological polar surface area (TPSA) is 68.0 Å². The Labute approximate surface area is 98.0 Å². The minimum Gasteiger partial charge on any atom is -0.369 e. The number of hydrogen-bond acceptors (Lipinski definition) is 5. The van der Waals surface area contributed by atoms with Crippen LogP contribution >= 0.6 is 11.6 Å². The van der Waals surface area contributed by atoms with Crippen molar-refractivity contribution in [3.8, 4) is 0 Å². The molecule has 6 nitrogen and oxygen atoms in total. The second-order valence-corrected chi connectivity index (χ2v) is 4.34. The fraction of sp³-hybridized carbons (Fsp3) is 0.556. The molecule has 0 fully saturated rings. The van der Waals surface area contributed by atoms with E-state index in [2.05, 4.69) is 25.8 Å². The van der Waals surface area contributed by atoms with Crippen molar-refractivity contribution in [2.24, 2.45) is 0 Å². The summed E-state index contributed by atoms with van der Waals surface area (Å²) in [5, 5.41) is 14.7. The maximum atomic E-state index is 5.86. The molecule has 86 valence electrons. The molecule has 2 heterocycles. The summed E-state index contributed by atoms with van der Waals surface area (Å²) >= 11 is 5.86. The summed E-state index contributed by atoms with van der Waals surface area (Å²) in [5.74, 6) is 0.796. The number of halogens is 1. The van der Waals surface area contributed by atoms with Crippen LogP contribution in [0.3, 0.4) is 0 Å². The summed E-state index contributed by atoms with van der Waals surface area (Å²) in [6.07, 6.45) is 5.30. The Morgan fingerprint density at radius 2 is 2.38 bits per heavy atom. The Morgan fingerprint density at radius 3 is 3.19 bits per heavy atom. The molecular formula is C9H13ClN6. The van der Waals surface area contributed by atoms with Crippen molar-refractivity contribution in [3.63, 3.8) is 0 Å². The van der Waals surface area contributed by atoms with Crippen LogP contribution in [0.1, 0.15) is 19.8 Å². The normalized spacial score (nSPS) is 12.9. The molecule has 1 atom stereocenters. The maximum absolute atomic E-state index is 5.86. The van der Waals surface area contributed by atoms with E-state index in [-0.39, 0.29) is 5.38 Å². The molecule has 0 aliphatic heterocycles. The predicted octanol–water partition coefficient (Wildman–Crippen LogP) is 1.34. The van der Waals surface area contributed by atoms with E-state index in [9.17, 15) is 0 Å². The van der Waals surface area contributed by atoms with Gasteiger partial charge in [-0.3, -0.25) is 4.98 Å². The molecule has 0 amide bonds. The maximum Gasteiger partial charge on any atom is 0.199 e. The lowest BCUT2D eigenvalue weighted by Gasteiger charge is -2.07. The Kier molecular flexibility index (Phi) is 3.51. The van der Waals surface area contributed by atoms with E-state index in [4.69, 9.17) is 11.6 Å². The van der Waals surface area contributed by atoms with Gasteiger partial charge in [0.2, 0.25) is 0 Å². The van der Waals surface area contributed by atoms with Gasteiger partial charge in [0.15, 0.2) is 5.65 Å². The van der Waals surface area contributed by atoms with E-state index in [0.29, 0.717) is 5.65 Å². The van der Waals surface area contributed by atoms with Crippen LogP contribution in [-0.4, -0.2) is 36.9 Å². The standard InChI is InChI=1S/C9H13ClN6/c1-7(10)3-2-4-12-8-5-11-6-9-13-14-15-16(8)9/h5-7,12H,2-4H2,1H3. The SMILES string of the molecule is CC(Cl)CCCNc1cncc2nnnn12. The van der Waals surface area contributed by atoms with Crippen molar-refractivity contribution in [1.82, 2.24) is 25.0 Å². The van der Waals surface area contributed by atoms with Gasteiger partial charge in [-0.05, 0) is 30.2 Å². The number of tetrazole rings is 1. The number of nitrogens with one attached hydrogen (secondary N) is 1. The number of hydrogen-bond donors (Lipinski definition) is 1. The van der Waals surface area contributed by atoms with Crippen molar-refractivity contribution < 1.29 is 0 Å². The summed E-state index contributed by atoms with van der Waals surface area (Å²) in [4.78, 5) is 4.05. The summed E-state index contributed by atoms with van der Waals surface area (Å²) in [5.41, 5.74) is 0.635. The second-order valence-electron chi connectivity index (χ2n) is 3.59. The van der Waals surface area contributed by atoms with Crippen LogP contribution in [0, 0.1) is 0 Å². The Hall–Kier alpha value is -1.43. The number of rotatable bonds is 5. The van der Waals surface area contributed by atoms with E-state index >= 15 is 0 Å². The highest BCUT2D eigenvalue weighted by Crippen LogP contribution is 2.07. The Morgan fingerprint density at radius 1 is 1.50 bits per heavy atom. The minimum absolute atomic E-state index is 0.212. The molecule has 0 saturated heterocycles. The molecular weight excluding hydrogens is 228 g/mol. The van der Waals surface area contributed by atoms with Crippen LogP contribution in [-0.2, 0) is 0 Å². The highest BCUT2D eigenvalue weighted by molar-refractivity contribution is 6.20. The molecule has 0 aromatic carbocycles. The molecule has 2 aromatic heterocycles. The number of alkyl halides is 1. The van der Waals surface area contributed by atoms with Crippen LogP contribution < -0.4 is 5.32 Å². The number of nitrogens with zero attached hydrogens (tertiary/aromatic N) is 5. The van der Waals surface area contributed by atoms with Gasteiger partial charge < -0.3 is 5.32 Å². The molecule has 1 unspecified atom stereocenters. The quantitative estimate of drug-likeness (QED) is 0.631. The van der Waals surface area contributed by atoms with Crippen LogP contribution in [0.4, 0.5) is 5.82 Å². The largest absolute Gasteiger partial charge is 0.369 e. The Bertz CT molecular complexity index is 454. The zero-order chi connectivity index (χ0) is 11.4. The molecule has 0 bridgehead atoms. The molecule has 2 aromatic rings. The first-order chi connectivity index (χ1) is 7.77. The number of anilines is 1. The third kappa shape index (κ3) is 2.57. The van der Waals surface area contributed by atoms with Gasteiger partial charge in [0, 0.05) is 11.9 Å².